The Bertz CT molecular complexity index is 470. The molecular weight excluding hydrogens is 234 g/mol. The highest BCUT2D eigenvalue weighted by molar-refractivity contribution is 5.28. The molecule has 2 heteroatoms. The van der Waals surface area contributed by atoms with Crippen molar-refractivity contribution in [1.82, 2.24) is 5.32 Å². The van der Waals surface area contributed by atoms with Gasteiger partial charge in [-0.25, -0.2) is 0 Å². The van der Waals surface area contributed by atoms with Crippen molar-refractivity contribution in [3.8, 4) is 5.75 Å². The smallest absolute Gasteiger partial charge is 0.115 e. The number of aromatic hydroxyl groups is 1. The number of hydrogen-bond donors (Lipinski definition) is 2. The molecule has 3 saturated carbocycles. The van der Waals surface area contributed by atoms with Crippen molar-refractivity contribution in [3.63, 3.8) is 0 Å². The van der Waals surface area contributed by atoms with Crippen LogP contribution >= 0.6 is 0 Å². The van der Waals surface area contributed by atoms with Crippen molar-refractivity contribution in [2.24, 2.45) is 17.3 Å². The van der Waals surface area contributed by atoms with Gasteiger partial charge in [0, 0.05) is 12.6 Å². The van der Waals surface area contributed by atoms with Crippen LogP contribution in [0, 0.1) is 17.3 Å². The maximum Gasteiger partial charge on any atom is 0.115 e. The molecular formula is C17H23NO. The van der Waals surface area contributed by atoms with Crippen LogP contribution in [0.1, 0.15) is 37.7 Å². The van der Waals surface area contributed by atoms with Gasteiger partial charge in [-0.3, -0.25) is 0 Å². The van der Waals surface area contributed by atoms with E-state index in [0.29, 0.717) is 11.2 Å². The zero-order chi connectivity index (χ0) is 12.9. The second kappa shape index (κ2) is 4.24. The molecule has 0 amide bonds. The molecule has 0 radical (unpaired) electrons. The molecule has 19 heavy (non-hydrogen) atoms. The Hall–Kier alpha value is -1.02. The maximum atomic E-state index is 9.64. The molecule has 2 unspecified atom stereocenters. The summed E-state index contributed by atoms with van der Waals surface area (Å²) < 4.78 is 0. The lowest BCUT2D eigenvalue weighted by Gasteiger charge is -2.32. The van der Waals surface area contributed by atoms with E-state index in [1.165, 1.54) is 44.2 Å². The normalized spacial score (nSPS) is 36.2. The lowest BCUT2D eigenvalue weighted by molar-refractivity contribution is 0.247. The third-order valence-electron chi connectivity index (χ3n) is 5.29. The quantitative estimate of drug-likeness (QED) is 0.849. The summed E-state index contributed by atoms with van der Waals surface area (Å²) in [5.74, 6) is 2.43. The number of rotatable bonds is 5. The molecule has 0 aromatic heterocycles. The van der Waals surface area contributed by atoms with E-state index >= 15 is 0 Å². The van der Waals surface area contributed by atoms with Gasteiger partial charge in [-0.1, -0.05) is 12.1 Å². The Morgan fingerprint density at radius 1 is 1.21 bits per heavy atom. The van der Waals surface area contributed by atoms with Crippen molar-refractivity contribution in [2.45, 2.75) is 44.6 Å². The Labute approximate surface area is 115 Å². The standard InChI is InChI=1S/C17H23NO/c19-16-3-1-2-12(6-16)8-17(11-18-15-4-5-15)9-13-7-14(13)10-17/h1-3,6,13-15,18-19H,4-5,7-11H2. The number of phenols is 1. The summed E-state index contributed by atoms with van der Waals surface area (Å²) in [7, 11) is 0. The molecule has 1 aromatic carbocycles. The van der Waals surface area contributed by atoms with E-state index < -0.39 is 0 Å². The van der Waals surface area contributed by atoms with Gasteiger partial charge in [-0.2, -0.15) is 0 Å². The van der Waals surface area contributed by atoms with E-state index in [4.69, 9.17) is 0 Å². The molecule has 0 bridgehead atoms. The van der Waals surface area contributed by atoms with E-state index in [1.54, 1.807) is 6.07 Å². The molecule has 2 nitrogen and oxygen atoms in total. The summed E-state index contributed by atoms with van der Waals surface area (Å²) in [6.07, 6.45) is 8.14. The van der Waals surface area contributed by atoms with Gasteiger partial charge in [0.05, 0.1) is 0 Å². The molecule has 3 fully saturated rings. The zero-order valence-corrected chi connectivity index (χ0v) is 11.4. The minimum absolute atomic E-state index is 0.408. The van der Waals surface area contributed by atoms with Gasteiger partial charge >= 0.3 is 0 Å². The highest BCUT2D eigenvalue weighted by atomic mass is 16.3. The molecule has 0 saturated heterocycles. The van der Waals surface area contributed by atoms with Gasteiger partial charge in [0.2, 0.25) is 0 Å². The predicted octanol–water partition coefficient (Wildman–Crippen LogP) is 3.10. The minimum atomic E-state index is 0.408. The van der Waals surface area contributed by atoms with Crippen molar-refractivity contribution >= 4 is 0 Å². The monoisotopic (exact) mass is 257 g/mol. The molecule has 102 valence electrons. The second-order valence-corrected chi connectivity index (χ2v) is 7.17. The summed E-state index contributed by atoms with van der Waals surface area (Å²) in [5.41, 5.74) is 1.77. The molecule has 1 aromatic rings. The second-order valence-electron chi connectivity index (χ2n) is 7.17. The maximum absolute atomic E-state index is 9.64. The summed E-state index contributed by atoms with van der Waals surface area (Å²) in [4.78, 5) is 0. The van der Waals surface area contributed by atoms with Crippen LogP contribution < -0.4 is 5.32 Å². The van der Waals surface area contributed by atoms with Crippen LogP contribution in [0.2, 0.25) is 0 Å². The van der Waals surface area contributed by atoms with Crippen molar-refractivity contribution in [3.05, 3.63) is 29.8 Å². The van der Waals surface area contributed by atoms with Crippen LogP contribution in [-0.2, 0) is 6.42 Å². The number of fused-ring (bicyclic) bond motifs is 1. The van der Waals surface area contributed by atoms with Gasteiger partial charge in [0.25, 0.3) is 0 Å². The van der Waals surface area contributed by atoms with Crippen LogP contribution in [0.5, 0.6) is 5.75 Å². The first-order chi connectivity index (χ1) is 9.22. The Morgan fingerprint density at radius 3 is 2.68 bits per heavy atom. The van der Waals surface area contributed by atoms with Crippen molar-refractivity contribution < 1.29 is 5.11 Å². The van der Waals surface area contributed by atoms with Crippen LogP contribution in [0.25, 0.3) is 0 Å². The van der Waals surface area contributed by atoms with Crippen molar-refractivity contribution in [1.29, 1.82) is 0 Å². The highest BCUT2D eigenvalue weighted by Gasteiger charge is 2.53. The van der Waals surface area contributed by atoms with Crippen LogP contribution in [0.4, 0.5) is 0 Å². The zero-order valence-electron chi connectivity index (χ0n) is 11.4. The molecule has 0 spiro atoms. The van der Waals surface area contributed by atoms with Crippen LogP contribution in [0.3, 0.4) is 0 Å². The molecule has 2 atom stereocenters. The van der Waals surface area contributed by atoms with E-state index in [1.807, 2.05) is 12.1 Å². The number of phenolic OH excluding ortho intramolecular Hbond substituents is 1. The van der Waals surface area contributed by atoms with Gasteiger partial charge in [-0.15, -0.1) is 0 Å². The molecule has 0 heterocycles. The fourth-order valence-electron chi connectivity index (χ4n) is 4.10. The lowest BCUT2D eigenvalue weighted by Crippen LogP contribution is -2.36. The fourth-order valence-corrected chi connectivity index (χ4v) is 4.10. The predicted molar refractivity (Wildman–Crippen MR) is 76.1 cm³/mol. The van der Waals surface area contributed by atoms with Crippen LogP contribution in [0.15, 0.2) is 24.3 Å². The van der Waals surface area contributed by atoms with E-state index in [2.05, 4.69) is 11.4 Å². The Morgan fingerprint density at radius 2 is 2.00 bits per heavy atom. The molecule has 2 N–H and O–H groups in total. The molecule has 0 aliphatic heterocycles. The molecule has 4 rings (SSSR count). The Kier molecular flexibility index (Phi) is 2.63. The average molecular weight is 257 g/mol. The van der Waals surface area contributed by atoms with Gasteiger partial charge < -0.3 is 10.4 Å². The SMILES string of the molecule is Oc1cccc(CC2(CNC3CC3)CC3CC3C2)c1. The average Bonchev–Trinajstić information content (AvgIpc) is 3.28. The summed E-state index contributed by atoms with van der Waals surface area (Å²) in [6, 6.07) is 8.66. The summed E-state index contributed by atoms with van der Waals surface area (Å²) in [6.45, 7) is 1.18. The number of benzene rings is 1. The lowest BCUT2D eigenvalue weighted by atomic mass is 9.77. The van der Waals surface area contributed by atoms with Crippen LogP contribution in [-0.4, -0.2) is 17.7 Å². The van der Waals surface area contributed by atoms with E-state index in [-0.39, 0.29) is 0 Å². The fraction of sp³-hybridized carbons (Fsp3) is 0.647. The van der Waals surface area contributed by atoms with Gasteiger partial charge in [0.1, 0.15) is 5.75 Å². The van der Waals surface area contributed by atoms with E-state index in [9.17, 15) is 5.11 Å². The minimum Gasteiger partial charge on any atom is -0.508 e. The summed E-state index contributed by atoms with van der Waals surface area (Å²) >= 11 is 0. The highest BCUT2D eigenvalue weighted by Crippen LogP contribution is 2.60. The third kappa shape index (κ3) is 2.51. The third-order valence-corrected chi connectivity index (χ3v) is 5.29. The van der Waals surface area contributed by atoms with Gasteiger partial charge in [-0.05, 0) is 73.5 Å². The largest absolute Gasteiger partial charge is 0.508 e. The molecule has 3 aliphatic carbocycles. The summed E-state index contributed by atoms with van der Waals surface area (Å²) in [5, 5.41) is 13.4. The first-order valence-electron chi connectivity index (χ1n) is 7.74. The number of hydrogen-bond acceptors (Lipinski definition) is 2. The Balaban J connectivity index is 1.49. The first-order valence-corrected chi connectivity index (χ1v) is 7.74. The first kappa shape index (κ1) is 11.8. The topological polar surface area (TPSA) is 32.3 Å². The van der Waals surface area contributed by atoms with E-state index in [0.717, 1.165) is 24.3 Å². The van der Waals surface area contributed by atoms with Crippen molar-refractivity contribution in [2.75, 3.05) is 6.54 Å². The molecule has 3 aliphatic rings. The van der Waals surface area contributed by atoms with Gasteiger partial charge in [0.15, 0.2) is 0 Å². The number of nitrogens with one attached hydrogen (secondary N) is 1.